The fraction of sp³-hybridized carbons (Fsp3) is 0.389. The molecule has 1 aliphatic heterocycles. The number of aliphatic hydroxyl groups excluding tert-OH is 2. The SMILES string of the molecule is CC(=O)Nc1nc(-c2cccc(NC(=O)C[C@H]3C[C@H](O)[C@@H](CO)O3)c2)cs1. The number of nitrogens with zero attached hydrogens (tertiary/aromatic N) is 1. The van der Waals surface area contributed by atoms with E-state index in [4.69, 9.17) is 9.84 Å². The molecule has 0 radical (unpaired) electrons. The van der Waals surface area contributed by atoms with Crippen LogP contribution < -0.4 is 10.6 Å². The van der Waals surface area contributed by atoms with Gasteiger partial charge in [-0.25, -0.2) is 4.98 Å². The standard InChI is InChI=1S/C18H21N3O5S/c1-10(23)19-18-21-14(9-27-18)11-3-2-4-12(5-11)20-17(25)7-13-6-15(24)16(8-22)26-13/h2-5,9,13,15-16,22,24H,6-8H2,1H3,(H,20,25)(H,19,21,23)/t13-,15+,16-/m1/s1. The van der Waals surface area contributed by atoms with Crippen molar-refractivity contribution in [2.75, 3.05) is 17.2 Å². The molecule has 2 aromatic rings. The van der Waals surface area contributed by atoms with E-state index in [-0.39, 0.29) is 24.8 Å². The summed E-state index contributed by atoms with van der Waals surface area (Å²) < 4.78 is 5.45. The highest BCUT2D eigenvalue weighted by Gasteiger charge is 2.34. The molecule has 0 saturated carbocycles. The molecule has 27 heavy (non-hydrogen) atoms. The number of hydrogen-bond donors (Lipinski definition) is 4. The van der Waals surface area contributed by atoms with Gasteiger partial charge in [0.1, 0.15) is 6.10 Å². The van der Waals surface area contributed by atoms with Crippen LogP contribution >= 0.6 is 11.3 Å². The van der Waals surface area contributed by atoms with Gasteiger partial charge in [-0.1, -0.05) is 12.1 Å². The molecule has 8 nitrogen and oxygen atoms in total. The van der Waals surface area contributed by atoms with Gasteiger partial charge in [-0.15, -0.1) is 11.3 Å². The highest BCUT2D eigenvalue weighted by molar-refractivity contribution is 7.14. The first kappa shape index (κ1) is 19.4. The highest BCUT2D eigenvalue weighted by atomic mass is 32.1. The van der Waals surface area contributed by atoms with Gasteiger partial charge in [0.05, 0.1) is 30.9 Å². The van der Waals surface area contributed by atoms with E-state index in [2.05, 4.69) is 15.6 Å². The Morgan fingerprint density at radius 1 is 1.37 bits per heavy atom. The van der Waals surface area contributed by atoms with Crippen LogP contribution in [0.5, 0.6) is 0 Å². The van der Waals surface area contributed by atoms with E-state index < -0.39 is 18.3 Å². The quantitative estimate of drug-likeness (QED) is 0.594. The number of carbonyl (C=O) groups excluding carboxylic acids is 2. The molecule has 1 aromatic heterocycles. The Balaban J connectivity index is 1.61. The van der Waals surface area contributed by atoms with E-state index in [1.165, 1.54) is 18.3 Å². The van der Waals surface area contributed by atoms with Crippen LogP contribution in [0, 0.1) is 0 Å². The summed E-state index contributed by atoms with van der Waals surface area (Å²) in [5.41, 5.74) is 2.13. The lowest BCUT2D eigenvalue weighted by molar-refractivity contribution is -0.119. The molecule has 1 saturated heterocycles. The van der Waals surface area contributed by atoms with Crippen molar-refractivity contribution in [3.63, 3.8) is 0 Å². The van der Waals surface area contributed by atoms with Crippen LogP contribution in [0.3, 0.4) is 0 Å². The predicted octanol–water partition coefficient (Wildman–Crippen LogP) is 1.61. The lowest BCUT2D eigenvalue weighted by Gasteiger charge is -2.12. The number of rotatable bonds is 6. The molecule has 0 spiro atoms. The summed E-state index contributed by atoms with van der Waals surface area (Å²) in [6.45, 7) is 1.16. The second kappa shape index (κ2) is 8.57. The first-order valence-electron chi connectivity index (χ1n) is 8.52. The Hall–Kier alpha value is -2.33. The Labute approximate surface area is 160 Å². The third kappa shape index (κ3) is 5.10. The Bertz CT molecular complexity index is 825. The number of aliphatic hydroxyl groups is 2. The lowest BCUT2D eigenvalue weighted by atomic mass is 10.1. The average Bonchev–Trinajstić information content (AvgIpc) is 3.20. The van der Waals surface area contributed by atoms with Crippen LogP contribution in [0.25, 0.3) is 11.3 Å². The van der Waals surface area contributed by atoms with Gasteiger partial charge < -0.3 is 25.6 Å². The summed E-state index contributed by atoms with van der Waals surface area (Å²) in [4.78, 5) is 27.7. The van der Waals surface area contributed by atoms with Crippen molar-refractivity contribution < 1.29 is 24.5 Å². The number of anilines is 2. The van der Waals surface area contributed by atoms with Gasteiger partial charge in [0.25, 0.3) is 0 Å². The van der Waals surface area contributed by atoms with E-state index in [0.717, 1.165) is 5.56 Å². The van der Waals surface area contributed by atoms with Gasteiger partial charge in [0, 0.05) is 30.0 Å². The van der Waals surface area contributed by atoms with Crippen molar-refractivity contribution >= 4 is 34.0 Å². The number of amides is 2. The normalized spacial score (nSPS) is 21.8. The molecular formula is C18H21N3O5S. The third-order valence-corrected chi connectivity index (χ3v) is 4.88. The van der Waals surface area contributed by atoms with E-state index in [0.29, 0.717) is 22.9 Å². The first-order valence-corrected chi connectivity index (χ1v) is 9.40. The minimum absolute atomic E-state index is 0.0984. The molecule has 0 aliphatic carbocycles. The molecule has 0 unspecified atom stereocenters. The molecule has 3 atom stereocenters. The monoisotopic (exact) mass is 391 g/mol. The molecule has 144 valence electrons. The highest BCUT2D eigenvalue weighted by Crippen LogP contribution is 2.27. The van der Waals surface area contributed by atoms with Crippen LogP contribution in [0.1, 0.15) is 19.8 Å². The maximum Gasteiger partial charge on any atom is 0.226 e. The van der Waals surface area contributed by atoms with Crippen molar-refractivity contribution in [2.45, 2.75) is 38.1 Å². The van der Waals surface area contributed by atoms with Crippen LogP contribution in [-0.2, 0) is 14.3 Å². The summed E-state index contributed by atoms with van der Waals surface area (Å²) in [5, 5.41) is 26.6. The van der Waals surface area contributed by atoms with Crippen LogP contribution in [0.15, 0.2) is 29.6 Å². The molecular weight excluding hydrogens is 370 g/mol. The number of thiazole rings is 1. The summed E-state index contributed by atoms with van der Waals surface area (Å²) in [5.74, 6) is -0.417. The number of carbonyl (C=O) groups is 2. The predicted molar refractivity (Wildman–Crippen MR) is 101 cm³/mol. The van der Waals surface area contributed by atoms with Crippen molar-refractivity contribution in [3.05, 3.63) is 29.6 Å². The number of aromatic nitrogens is 1. The lowest BCUT2D eigenvalue weighted by Crippen LogP contribution is -2.24. The van der Waals surface area contributed by atoms with Crippen LogP contribution in [0.2, 0.25) is 0 Å². The fourth-order valence-electron chi connectivity index (χ4n) is 2.90. The van der Waals surface area contributed by atoms with E-state index in [9.17, 15) is 14.7 Å². The third-order valence-electron chi connectivity index (χ3n) is 4.12. The summed E-state index contributed by atoms with van der Waals surface area (Å²) >= 11 is 1.33. The fourth-order valence-corrected chi connectivity index (χ4v) is 3.67. The van der Waals surface area contributed by atoms with Crippen molar-refractivity contribution in [3.8, 4) is 11.3 Å². The summed E-state index contributed by atoms with van der Waals surface area (Å²) in [6, 6.07) is 7.24. The van der Waals surface area contributed by atoms with Crippen molar-refractivity contribution in [1.29, 1.82) is 0 Å². The summed E-state index contributed by atoms with van der Waals surface area (Å²) in [6.07, 6.45) is -1.38. The molecule has 1 aliphatic rings. The maximum atomic E-state index is 12.2. The zero-order valence-corrected chi connectivity index (χ0v) is 15.5. The minimum Gasteiger partial charge on any atom is -0.394 e. The van der Waals surface area contributed by atoms with Gasteiger partial charge in [0.2, 0.25) is 11.8 Å². The van der Waals surface area contributed by atoms with E-state index in [1.807, 2.05) is 11.4 Å². The second-order valence-corrected chi connectivity index (χ2v) is 7.19. The molecule has 1 fully saturated rings. The molecule has 4 N–H and O–H groups in total. The Morgan fingerprint density at radius 2 is 2.19 bits per heavy atom. The van der Waals surface area contributed by atoms with Gasteiger partial charge in [-0.2, -0.15) is 0 Å². The van der Waals surface area contributed by atoms with E-state index in [1.54, 1.807) is 18.2 Å². The molecule has 1 aromatic carbocycles. The van der Waals surface area contributed by atoms with Gasteiger partial charge in [0.15, 0.2) is 5.13 Å². The average molecular weight is 391 g/mol. The van der Waals surface area contributed by atoms with E-state index >= 15 is 0 Å². The minimum atomic E-state index is -0.751. The Kier molecular flexibility index (Phi) is 6.17. The number of benzene rings is 1. The van der Waals surface area contributed by atoms with Crippen LogP contribution in [-0.4, -0.2) is 51.9 Å². The smallest absolute Gasteiger partial charge is 0.226 e. The molecule has 0 bridgehead atoms. The topological polar surface area (TPSA) is 121 Å². The molecule has 3 rings (SSSR count). The second-order valence-electron chi connectivity index (χ2n) is 6.33. The number of ether oxygens (including phenoxy) is 1. The zero-order chi connectivity index (χ0) is 19.4. The number of nitrogens with one attached hydrogen (secondary N) is 2. The first-order chi connectivity index (χ1) is 12.9. The molecule has 2 amide bonds. The largest absolute Gasteiger partial charge is 0.394 e. The maximum absolute atomic E-state index is 12.2. The van der Waals surface area contributed by atoms with Gasteiger partial charge in [-0.05, 0) is 12.1 Å². The van der Waals surface area contributed by atoms with Gasteiger partial charge >= 0.3 is 0 Å². The molecule has 9 heteroatoms. The van der Waals surface area contributed by atoms with Crippen LogP contribution in [0.4, 0.5) is 10.8 Å². The van der Waals surface area contributed by atoms with Gasteiger partial charge in [-0.3, -0.25) is 9.59 Å². The Morgan fingerprint density at radius 3 is 2.89 bits per heavy atom. The van der Waals surface area contributed by atoms with Crippen molar-refractivity contribution in [2.24, 2.45) is 0 Å². The zero-order valence-electron chi connectivity index (χ0n) is 14.7. The molecule has 2 heterocycles. The summed E-state index contributed by atoms with van der Waals surface area (Å²) in [7, 11) is 0. The number of hydrogen-bond acceptors (Lipinski definition) is 7. The van der Waals surface area contributed by atoms with Crippen molar-refractivity contribution in [1.82, 2.24) is 4.98 Å².